The SMILES string of the molecule is CC(C)(C)c1cc(-c2cccc(C=N)c2N)nc(-c2nn(-c3cc(C(C)(C)C)cc4c3[nH]c3ccc(C(C)(C)C)cc34)c3ccccc23)c1. The Balaban J connectivity index is 1.53. The molecule has 0 aliphatic heterocycles. The molecule has 4 aromatic carbocycles. The highest BCUT2D eigenvalue weighted by molar-refractivity contribution is 6.11. The third-order valence-corrected chi connectivity index (χ3v) is 9.74. The summed E-state index contributed by atoms with van der Waals surface area (Å²) in [6, 6.07) is 29.9. The molecule has 0 radical (unpaired) electrons. The Kier molecular flexibility index (Phi) is 7.36. The van der Waals surface area contributed by atoms with Gasteiger partial charge in [0.25, 0.3) is 0 Å². The van der Waals surface area contributed by atoms with Crippen molar-refractivity contribution in [1.29, 1.82) is 5.41 Å². The van der Waals surface area contributed by atoms with Crippen molar-refractivity contribution in [2.24, 2.45) is 0 Å². The third kappa shape index (κ3) is 5.59. The first kappa shape index (κ1) is 32.3. The summed E-state index contributed by atoms with van der Waals surface area (Å²) < 4.78 is 2.09. The number of pyridine rings is 1. The molecule has 0 unspecified atom stereocenters. The smallest absolute Gasteiger partial charge is 0.119 e. The molecular weight excluding hydrogens is 601 g/mol. The Morgan fingerprint density at radius 3 is 2.02 bits per heavy atom. The van der Waals surface area contributed by atoms with Crippen LogP contribution in [-0.2, 0) is 16.2 Å². The van der Waals surface area contributed by atoms with Crippen LogP contribution in [0.25, 0.3) is 61.0 Å². The van der Waals surface area contributed by atoms with Crippen molar-refractivity contribution in [1.82, 2.24) is 19.7 Å². The molecular formula is C43H46N6. The fraction of sp³-hybridized carbons (Fsp3) is 0.279. The minimum absolute atomic E-state index is 0.0359. The number of nitrogens with two attached hydrogens (primary N) is 1. The van der Waals surface area contributed by atoms with Gasteiger partial charge in [-0.3, -0.25) is 0 Å². The maximum Gasteiger partial charge on any atom is 0.119 e. The molecule has 0 atom stereocenters. The molecule has 7 rings (SSSR count). The van der Waals surface area contributed by atoms with E-state index in [1.54, 1.807) is 0 Å². The third-order valence-electron chi connectivity index (χ3n) is 9.74. The molecule has 0 saturated heterocycles. The van der Waals surface area contributed by atoms with Gasteiger partial charge < -0.3 is 16.1 Å². The van der Waals surface area contributed by atoms with E-state index in [2.05, 4.69) is 139 Å². The average molecular weight is 647 g/mol. The largest absolute Gasteiger partial charge is 0.398 e. The molecule has 0 aliphatic rings. The van der Waals surface area contributed by atoms with Gasteiger partial charge in [-0.2, -0.15) is 5.10 Å². The molecule has 3 heterocycles. The van der Waals surface area contributed by atoms with Gasteiger partial charge in [0.05, 0.1) is 28.1 Å². The Morgan fingerprint density at radius 2 is 1.33 bits per heavy atom. The summed E-state index contributed by atoms with van der Waals surface area (Å²) in [4.78, 5) is 9.01. The minimum atomic E-state index is -0.151. The van der Waals surface area contributed by atoms with Gasteiger partial charge in [-0.1, -0.05) is 105 Å². The summed E-state index contributed by atoms with van der Waals surface area (Å²) in [6.07, 6.45) is 1.29. The van der Waals surface area contributed by atoms with Crippen LogP contribution in [0.5, 0.6) is 0 Å². The van der Waals surface area contributed by atoms with E-state index in [0.29, 0.717) is 11.3 Å². The molecule has 0 spiro atoms. The standard InChI is InChI=1S/C43H46N6/c1-41(2,3)26-17-18-33-31(19-26)32-20-27(42(4,5)6)23-37(40(32)47-33)49-36-16-11-10-14-30(36)39(48-49)35-22-28(43(7,8)9)21-34(46-35)29-15-12-13-25(24-44)38(29)45/h10-24,44,47H,45H2,1-9H3. The van der Waals surface area contributed by atoms with Crippen LogP contribution in [0.1, 0.15) is 84.6 Å². The van der Waals surface area contributed by atoms with Crippen LogP contribution < -0.4 is 5.73 Å². The first-order valence-electron chi connectivity index (χ1n) is 17.1. The summed E-state index contributed by atoms with van der Waals surface area (Å²) in [5, 5.41) is 16.7. The number of nitrogens with zero attached hydrogens (tertiary/aromatic N) is 3. The number of hydrogen-bond acceptors (Lipinski definition) is 4. The summed E-state index contributed by atoms with van der Waals surface area (Å²) in [7, 11) is 0. The maximum atomic E-state index is 7.88. The Morgan fingerprint density at radius 1 is 0.673 bits per heavy atom. The summed E-state index contributed by atoms with van der Waals surface area (Å²) in [5.74, 6) is 0. The highest BCUT2D eigenvalue weighted by atomic mass is 15.3. The normalized spacial score (nSPS) is 12.8. The second-order valence-electron chi connectivity index (χ2n) is 16.4. The highest BCUT2D eigenvalue weighted by Gasteiger charge is 2.25. The highest BCUT2D eigenvalue weighted by Crippen LogP contribution is 2.40. The van der Waals surface area contributed by atoms with Crippen LogP contribution in [0, 0.1) is 5.41 Å². The lowest BCUT2D eigenvalue weighted by atomic mass is 9.84. The molecule has 0 saturated carbocycles. The van der Waals surface area contributed by atoms with E-state index in [9.17, 15) is 0 Å². The van der Waals surface area contributed by atoms with E-state index in [4.69, 9.17) is 21.2 Å². The number of anilines is 1. The van der Waals surface area contributed by atoms with Crippen LogP contribution >= 0.6 is 0 Å². The number of fused-ring (bicyclic) bond motifs is 4. The number of nitrogens with one attached hydrogen (secondary N) is 2. The van der Waals surface area contributed by atoms with Gasteiger partial charge in [-0.05, 0) is 75.4 Å². The topological polar surface area (TPSA) is 96.4 Å². The van der Waals surface area contributed by atoms with Gasteiger partial charge in [0, 0.05) is 44.7 Å². The van der Waals surface area contributed by atoms with Crippen LogP contribution in [0.3, 0.4) is 0 Å². The molecule has 6 heteroatoms. The maximum absolute atomic E-state index is 7.88. The van der Waals surface area contributed by atoms with E-state index in [1.807, 2.05) is 18.2 Å². The Labute approximate surface area is 288 Å². The number of aromatic amines is 1. The van der Waals surface area contributed by atoms with Crippen LogP contribution in [0.15, 0.2) is 84.9 Å². The zero-order chi connectivity index (χ0) is 35.0. The predicted octanol–water partition coefficient (Wildman–Crippen LogP) is 10.9. The van der Waals surface area contributed by atoms with Crippen LogP contribution in [-0.4, -0.2) is 26.0 Å². The Hall–Kier alpha value is -5.23. The first-order valence-corrected chi connectivity index (χ1v) is 17.1. The fourth-order valence-electron chi connectivity index (χ4n) is 6.64. The molecule has 0 aliphatic carbocycles. The van der Waals surface area contributed by atoms with Gasteiger partial charge in [0.15, 0.2) is 0 Å². The van der Waals surface area contributed by atoms with Gasteiger partial charge in [-0.25, -0.2) is 9.67 Å². The van der Waals surface area contributed by atoms with E-state index in [0.717, 1.165) is 55.8 Å². The molecule has 0 fully saturated rings. The molecule has 248 valence electrons. The van der Waals surface area contributed by atoms with Crippen molar-refractivity contribution >= 4 is 44.6 Å². The van der Waals surface area contributed by atoms with E-state index >= 15 is 0 Å². The quantitative estimate of drug-likeness (QED) is 0.131. The number of benzene rings is 4. The predicted molar refractivity (Wildman–Crippen MR) is 207 cm³/mol. The average Bonchev–Trinajstić information content (AvgIpc) is 3.61. The van der Waals surface area contributed by atoms with Gasteiger partial charge in [0.2, 0.25) is 0 Å². The monoisotopic (exact) mass is 646 g/mol. The lowest BCUT2D eigenvalue weighted by Gasteiger charge is -2.21. The van der Waals surface area contributed by atoms with Crippen LogP contribution in [0.2, 0.25) is 0 Å². The number of nitrogen functional groups attached to an aromatic ring is 1. The molecule has 6 nitrogen and oxygen atoms in total. The van der Waals surface area contributed by atoms with Crippen molar-refractivity contribution in [2.45, 2.75) is 78.6 Å². The molecule has 49 heavy (non-hydrogen) atoms. The van der Waals surface area contributed by atoms with Crippen molar-refractivity contribution in [3.63, 3.8) is 0 Å². The molecule has 0 bridgehead atoms. The van der Waals surface area contributed by atoms with Crippen LogP contribution in [0.4, 0.5) is 5.69 Å². The molecule has 7 aromatic rings. The van der Waals surface area contributed by atoms with Crippen molar-refractivity contribution in [3.8, 4) is 28.3 Å². The number of H-pyrrole nitrogens is 1. The second-order valence-corrected chi connectivity index (χ2v) is 16.4. The Bertz CT molecular complexity index is 2420. The lowest BCUT2D eigenvalue weighted by Crippen LogP contribution is -2.13. The van der Waals surface area contributed by atoms with Gasteiger partial charge in [-0.15, -0.1) is 0 Å². The summed E-state index contributed by atoms with van der Waals surface area (Å²) in [5.41, 5.74) is 18.7. The minimum Gasteiger partial charge on any atom is -0.398 e. The molecule has 4 N–H and O–H groups in total. The lowest BCUT2D eigenvalue weighted by molar-refractivity contribution is 0.590. The summed E-state index contributed by atoms with van der Waals surface area (Å²) >= 11 is 0. The van der Waals surface area contributed by atoms with E-state index in [1.165, 1.54) is 28.1 Å². The number of rotatable bonds is 4. The van der Waals surface area contributed by atoms with Gasteiger partial charge >= 0.3 is 0 Å². The van der Waals surface area contributed by atoms with E-state index < -0.39 is 0 Å². The zero-order valence-corrected chi connectivity index (χ0v) is 30.1. The number of hydrogen-bond donors (Lipinski definition) is 3. The van der Waals surface area contributed by atoms with E-state index in [-0.39, 0.29) is 16.2 Å². The molecule has 3 aromatic heterocycles. The first-order chi connectivity index (χ1) is 23.0. The number of aromatic nitrogens is 4. The second kappa shape index (κ2) is 11.2. The molecule has 0 amide bonds. The van der Waals surface area contributed by atoms with Gasteiger partial charge in [0.1, 0.15) is 5.69 Å². The van der Waals surface area contributed by atoms with Crippen molar-refractivity contribution in [3.05, 3.63) is 107 Å². The number of para-hydroxylation sites is 2. The zero-order valence-electron chi connectivity index (χ0n) is 30.1. The fourth-order valence-corrected chi connectivity index (χ4v) is 6.64. The van der Waals surface area contributed by atoms with Crippen molar-refractivity contribution in [2.75, 3.05) is 5.73 Å². The summed E-state index contributed by atoms with van der Waals surface area (Å²) in [6.45, 7) is 20.2. The van der Waals surface area contributed by atoms with Crippen molar-refractivity contribution < 1.29 is 0 Å².